The van der Waals surface area contributed by atoms with Crippen LogP contribution in [0.5, 0.6) is 5.75 Å². The van der Waals surface area contributed by atoms with Crippen molar-refractivity contribution in [2.45, 2.75) is 6.92 Å². The van der Waals surface area contributed by atoms with Gasteiger partial charge in [-0.25, -0.2) is 4.98 Å². The Bertz CT molecular complexity index is 713. The van der Waals surface area contributed by atoms with E-state index in [2.05, 4.69) is 22.1 Å². The smallest absolute Gasteiger partial charge is 0.261 e. The molecule has 2 rings (SSSR count). The average Bonchev–Trinajstić information content (AvgIpc) is 2.92. The van der Waals surface area contributed by atoms with Crippen molar-refractivity contribution in [1.29, 1.82) is 0 Å². The molecule has 1 heterocycles. The summed E-state index contributed by atoms with van der Waals surface area (Å²) >= 11 is 1.30. The molecule has 1 amide bonds. The molecule has 108 valence electrons. The minimum atomic E-state index is -0.261. The number of hydrogen-bond donors (Lipinski definition) is 2. The Morgan fingerprint density at radius 3 is 3.05 bits per heavy atom. The molecular formula is C15H15N3O2S. The summed E-state index contributed by atoms with van der Waals surface area (Å²) in [5.74, 6) is 5.88. The first-order valence-electron chi connectivity index (χ1n) is 6.25. The zero-order valence-electron chi connectivity index (χ0n) is 11.8. The van der Waals surface area contributed by atoms with Crippen LogP contribution in [-0.4, -0.2) is 24.5 Å². The highest BCUT2D eigenvalue weighted by Gasteiger charge is 2.14. The number of carbonyl (C=O) groups is 1. The average molecular weight is 301 g/mol. The maximum atomic E-state index is 12.3. The molecule has 0 fully saturated rings. The van der Waals surface area contributed by atoms with Gasteiger partial charge in [-0.3, -0.25) is 10.1 Å². The fourth-order valence-corrected chi connectivity index (χ4v) is 2.38. The van der Waals surface area contributed by atoms with E-state index in [4.69, 9.17) is 10.5 Å². The van der Waals surface area contributed by atoms with Crippen LogP contribution in [0.1, 0.15) is 20.8 Å². The van der Waals surface area contributed by atoms with E-state index in [-0.39, 0.29) is 5.91 Å². The number of thiazole rings is 1. The van der Waals surface area contributed by atoms with E-state index in [1.807, 2.05) is 13.0 Å². The summed E-state index contributed by atoms with van der Waals surface area (Å²) in [4.78, 5) is 17.2. The number of nitrogens with zero attached hydrogens (tertiary/aromatic N) is 1. The van der Waals surface area contributed by atoms with Crippen LogP contribution in [0.4, 0.5) is 5.13 Å². The molecular weight excluding hydrogens is 286 g/mol. The third-order valence-electron chi connectivity index (χ3n) is 2.64. The zero-order valence-corrected chi connectivity index (χ0v) is 12.6. The van der Waals surface area contributed by atoms with Gasteiger partial charge < -0.3 is 10.5 Å². The summed E-state index contributed by atoms with van der Waals surface area (Å²) in [5.41, 5.74) is 6.77. The fourth-order valence-electron chi connectivity index (χ4n) is 1.69. The van der Waals surface area contributed by atoms with E-state index in [9.17, 15) is 4.79 Å². The van der Waals surface area contributed by atoms with Gasteiger partial charge in [0, 0.05) is 0 Å². The fraction of sp³-hybridized carbons (Fsp3) is 0.200. The lowest BCUT2D eigenvalue weighted by molar-refractivity contribution is 0.102. The molecule has 3 N–H and O–H groups in total. The van der Waals surface area contributed by atoms with Gasteiger partial charge in [0.1, 0.15) is 5.75 Å². The lowest BCUT2D eigenvalue weighted by Gasteiger charge is -2.08. The molecule has 0 bridgehead atoms. The highest BCUT2D eigenvalue weighted by Crippen LogP contribution is 2.23. The molecule has 6 heteroatoms. The number of aryl methyl sites for hydroxylation is 1. The van der Waals surface area contributed by atoms with Crippen LogP contribution in [0.2, 0.25) is 0 Å². The van der Waals surface area contributed by atoms with E-state index in [0.29, 0.717) is 23.0 Å². The quantitative estimate of drug-likeness (QED) is 0.850. The summed E-state index contributed by atoms with van der Waals surface area (Å²) < 4.78 is 5.20. The molecule has 0 radical (unpaired) electrons. The highest BCUT2D eigenvalue weighted by molar-refractivity contribution is 7.16. The Hall–Kier alpha value is -2.36. The van der Waals surface area contributed by atoms with Crippen molar-refractivity contribution in [3.8, 4) is 17.6 Å². The maximum Gasteiger partial charge on any atom is 0.261 e. The normalized spacial score (nSPS) is 9.67. The predicted octanol–water partition coefficient (Wildman–Crippen LogP) is 2.02. The Kier molecular flexibility index (Phi) is 4.93. The van der Waals surface area contributed by atoms with Gasteiger partial charge in [0.25, 0.3) is 5.91 Å². The number of methoxy groups -OCH3 is 1. The molecule has 5 nitrogen and oxygen atoms in total. The first-order valence-corrected chi connectivity index (χ1v) is 7.06. The summed E-state index contributed by atoms with van der Waals surface area (Å²) in [7, 11) is 1.53. The van der Waals surface area contributed by atoms with Gasteiger partial charge in [0.05, 0.1) is 30.3 Å². The third kappa shape index (κ3) is 3.81. The lowest BCUT2D eigenvalue weighted by atomic mass is 10.1. The molecule has 0 unspecified atom stereocenters. The number of amides is 1. The van der Waals surface area contributed by atoms with Crippen LogP contribution in [0, 0.1) is 18.8 Å². The molecule has 1 aromatic heterocycles. The first kappa shape index (κ1) is 15.0. The predicted molar refractivity (Wildman–Crippen MR) is 83.7 cm³/mol. The Balaban J connectivity index is 2.18. The monoisotopic (exact) mass is 301 g/mol. The van der Waals surface area contributed by atoms with Crippen molar-refractivity contribution < 1.29 is 9.53 Å². The molecule has 1 aromatic carbocycles. The SMILES string of the molecule is COc1ccc(C)cc1C(=O)Nc1ncc(C#CCN)s1. The molecule has 0 aliphatic carbocycles. The second kappa shape index (κ2) is 6.88. The van der Waals surface area contributed by atoms with Crippen LogP contribution < -0.4 is 15.8 Å². The van der Waals surface area contributed by atoms with Crippen molar-refractivity contribution in [1.82, 2.24) is 4.98 Å². The molecule has 0 saturated carbocycles. The highest BCUT2D eigenvalue weighted by atomic mass is 32.1. The standard InChI is InChI=1S/C15H15N3O2S/c1-10-5-6-13(20-2)12(8-10)14(19)18-15-17-9-11(21-15)4-3-7-16/h5-6,8-9H,7,16H2,1-2H3,(H,17,18,19). The van der Waals surface area contributed by atoms with Crippen LogP contribution in [0.15, 0.2) is 24.4 Å². The molecule has 21 heavy (non-hydrogen) atoms. The van der Waals surface area contributed by atoms with Crippen molar-refractivity contribution in [3.05, 3.63) is 40.4 Å². The van der Waals surface area contributed by atoms with E-state index >= 15 is 0 Å². The second-order valence-electron chi connectivity index (χ2n) is 4.19. The first-order chi connectivity index (χ1) is 10.1. The van der Waals surface area contributed by atoms with Crippen LogP contribution in [0.3, 0.4) is 0 Å². The van der Waals surface area contributed by atoms with Crippen LogP contribution in [-0.2, 0) is 0 Å². The number of rotatable bonds is 3. The largest absolute Gasteiger partial charge is 0.496 e. The summed E-state index contributed by atoms with van der Waals surface area (Å²) in [6, 6.07) is 5.43. The minimum absolute atomic E-state index is 0.261. The van der Waals surface area contributed by atoms with Gasteiger partial charge >= 0.3 is 0 Å². The number of carbonyl (C=O) groups excluding carboxylic acids is 1. The number of nitrogens with one attached hydrogen (secondary N) is 1. The maximum absolute atomic E-state index is 12.3. The Morgan fingerprint density at radius 1 is 1.52 bits per heavy atom. The molecule has 2 aromatic rings. The molecule has 0 saturated heterocycles. The van der Waals surface area contributed by atoms with Crippen LogP contribution >= 0.6 is 11.3 Å². The lowest BCUT2D eigenvalue weighted by Crippen LogP contribution is -2.13. The third-order valence-corrected chi connectivity index (χ3v) is 3.47. The molecule has 0 spiro atoms. The molecule has 0 atom stereocenters. The van der Waals surface area contributed by atoms with Gasteiger partial charge in [-0.05, 0) is 19.1 Å². The van der Waals surface area contributed by atoms with E-state index < -0.39 is 0 Å². The van der Waals surface area contributed by atoms with Gasteiger partial charge in [-0.2, -0.15) is 0 Å². The van der Waals surface area contributed by atoms with Crippen molar-refractivity contribution in [2.24, 2.45) is 5.73 Å². The minimum Gasteiger partial charge on any atom is -0.496 e. The van der Waals surface area contributed by atoms with Crippen molar-refractivity contribution in [2.75, 3.05) is 19.0 Å². The van der Waals surface area contributed by atoms with Gasteiger partial charge in [-0.15, -0.1) is 0 Å². The summed E-state index contributed by atoms with van der Waals surface area (Å²) in [6.45, 7) is 2.21. The van der Waals surface area contributed by atoms with E-state index in [1.54, 1.807) is 18.3 Å². The molecule has 0 aliphatic heterocycles. The van der Waals surface area contributed by atoms with Gasteiger partial charge in [0.15, 0.2) is 5.13 Å². The number of nitrogens with two attached hydrogens (primary N) is 1. The number of anilines is 1. The van der Waals surface area contributed by atoms with E-state index in [1.165, 1.54) is 18.4 Å². The molecule has 0 aliphatic rings. The van der Waals surface area contributed by atoms with Gasteiger partial charge in [0.2, 0.25) is 0 Å². The van der Waals surface area contributed by atoms with Crippen LogP contribution in [0.25, 0.3) is 0 Å². The Labute approximate surface area is 127 Å². The number of aromatic nitrogens is 1. The number of benzene rings is 1. The topological polar surface area (TPSA) is 77.2 Å². The zero-order chi connectivity index (χ0) is 15.2. The second-order valence-corrected chi connectivity index (χ2v) is 5.22. The van der Waals surface area contributed by atoms with Crippen molar-refractivity contribution in [3.63, 3.8) is 0 Å². The van der Waals surface area contributed by atoms with Gasteiger partial charge in [-0.1, -0.05) is 34.8 Å². The number of hydrogen-bond acceptors (Lipinski definition) is 5. The van der Waals surface area contributed by atoms with Crippen molar-refractivity contribution >= 4 is 22.4 Å². The van der Waals surface area contributed by atoms with E-state index in [0.717, 1.165) is 10.4 Å². The summed E-state index contributed by atoms with van der Waals surface area (Å²) in [5, 5.41) is 3.24. The number of ether oxygens (including phenoxy) is 1. The Morgan fingerprint density at radius 2 is 2.33 bits per heavy atom. The summed E-state index contributed by atoms with van der Waals surface area (Å²) in [6.07, 6.45) is 1.61.